The molecule has 0 radical (unpaired) electrons. The lowest BCUT2D eigenvalue weighted by molar-refractivity contribution is 0.102. The van der Waals surface area contributed by atoms with Crippen LogP contribution in [0.1, 0.15) is 21.6 Å². The van der Waals surface area contributed by atoms with Gasteiger partial charge in [0, 0.05) is 11.1 Å². The van der Waals surface area contributed by atoms with E-state index in [1.54, 1.807) is 60.3 Å². The number of hydrogen-bond acceptors (Lipinski definition) is 6. The molecule has 2 heterocycles. The Labute approximate surface area is 168 Å². The Balaban J connectivity index is 1.75. The van der Waals surface area contributed by atoms with Crippen LogP contribution in [-0.4, -0.2) is 38.3 Å². The smallest absolute Gasteiger partial charge is 0.256 e. The van der Waals surface area contributed by atoms with E-state index in [0.717, 1.165) is 0 Å². The molecule has 0 saturated heterocycles. The normalized spacial score (nSPS) is 14.3. The highest BCUT2D eigenvalue weighted by Gasteiger charge is 2.33. The summed E-state index contributed by atoms with van der Waals surface area (Å²) in [6.45, 7) is 0. The van der Waals surface area contributed by atoms with Gasteiger partial charge in [0.05, 0.1) is 37.1 Å². The van der Waals surface area contributed by atoms with Crippen molar-refractivity contribution < 1.29 is 22.7 Å². The molecular formula is C20H19N3O5S. The molecule has 29 heavy (non-hydrogen) atoms. The number of fused-ring (bicyclic) bond motifs is 1. The zero-order chi connectivity index (χ0) is 20.6. The topological polar surface area (TPSA) is 99.5 Å². The van der Waals surface area contributed by atoms with E-state index in [9.17, 15) is 13.2 Å². The third-order valence-corrected chi connectivity index (χ3v) is 6.11. The van der Waals surface area contributed by atoms with Gasteiger partial charge in [0.15, 0.2) is 9.84 Å². The summed E-state index contributed by atoms with van der Waals surface area (Å²) in [7, 11) is -0.180. The summed E-state index contributed by atoms with van der Waals surface area (Å²) in [5.41, 5.74) is 2.03. The maximum absolute atomic E-state index is 12.8. The second-order valence-corrected chi connectivity index (χ2v) is 8.67. The maximum Gasteiger partial charge on any atom is 0.256 e. The molecule has 1 aliphatic heterocycles. The molecule has 0 unspecified atom stereocenters. The molecule has 1 aromatic heterocycles. The average Bonchev–Trinajstić information content (AvgIpc) is 3.20. The van der Waals surface area contributed by atoms with Crippen molar-refractivity contribution in [3.05, 3.63) is 65.4 Å². The van der Waals surface area contributed by atoms with Crippen LogP contribution in [0, 0.1) is 0 Å². The lowest BCUT2D eigenvalue weighted by Gasteiger charge is -2.12. The van der Waals surface area contributed by atoms with Crippen LogP contribution in [0.25, 0.3) is 5.69 Å². The average molecular weight is 413 g/mol. The Morgan fingerprint density at radius 1 is 1.03 bits per heavy atom. The predicted molar refractivity (Wildman–Crippen MR) is 107 cm³/mol. The highest BCUT2D eigenvalue weighted by Crippen LogP contribution is 2.33. The van der Waals surface area contributed by atoms with Gasteiger partial charge in [-0.2, -0.15) is 5.10 Å². The third kappa shape index (κ3) is 3.68. The molecule has 4 rings (SSSR count). The molecule has 1 amide bonds. The standard InChI is InChI=1S/C20H19N3O5S/c1-27-15-8-6-14(7-9-15)23-19(17-11-29(25,26)12-18(17)22-23)21-20(24)13-4-3-5-16(10-13)28-2/h3-10H,11-12H2,1-2H3,(H,21,24). The maximum atomic E-state index is 12.8. The van der Waals surface area contributed by atoms with E-state index in [1.165, 1.54) is 7.11 Å². The van der Waals surface area contributed by atoms with Gasteiger partial charge in [0.2, 0.25) is 0 Å². The van der Waals surface area contributed by atoms with E-state index in [1.807, 2.05) is 0 Å². The molecule has 3 aromatic rings. The predicted octanol–water partition coefficient (Wildman–Crippen LogP) is 2.57. The highest BCUT2D eigenvalue weighted by atomic mass is 32.2. The number of methoxy groups -OCH3 is 2. The van der Waals surface area contributed by atoms with Gasteiger partial charge in [-0.25, -0.2) is 13.1 Å². The van der Waals surface area contributed by atoms with Crippen molar-refractivity contribution in [2.45, 2.75) is 11.5 Å². The zero-order valence-corrected chi connectivity index (χ0v) is 16.7. The van der Waals surface area contributed by atoms with Crippen LogP contribution in [0.2, 0.25) is 0 Å². The fourth-order valence-electron chi connectivity index (χ4n) is 3.23. The van der Waals surface area contributed by atoms with Gasteiger partial charge in [0.25, 0.3) is 5.91 Å². The Morgan fingerprint density at radius 2 is 1.76 bits per heavy atom. The molecule has 0 fully saturated rings. The molecule has 150 valence electrons. The van der Waals surface area contributed by atoms with Crippen LogP contribution < -0.4 is 14.8 Å². The number of benzene rings is 2. The number of amides is 1. The molecular weight excluding hydrogens is 394 g/mol. The molecule has 8 nitrogen and oxygen atoms in total. The molecule has 0 atom stereocenters. The minimum atomic E-state index is -3.27. The van der Waals surface area contributed by atoms with Crippen molar-refractivity contribution in [1.82, 2.24) is 9.78 Å². The van der Waals surface area contributed by atoms with Crippen molar-refractivity contribution in [2.24, 2.45) is 0 Å². The number of anilines is 1. The third-order valence-electron chi connectivity index (χ3n) is 4.67. The minimum Gasteiger partial charge on any atom is -0.497 e. The largest absolute Gasteiger partial charge is 0.497 e. The van der Waals surface area contributed by atoms with Crippen molar-refractivity contribution in [1.29, 1.82) is 0 Å². The van der Waals surface area contributed by atoms with E-state index >= 15 is 0 Å². The first-order valence-electron chi connectivity index (χ1n) is 8.81. The Morgan fingerprint density at radius 3 is 2.45 bits per heavy atom. The molecule has 0 aliphatic carbocycles. The van der Waals surface area contributed by atoms with E-state index < -0.39 is 9.84 Å². The van der Waals surface area contributed by atoms with Crippen LogP contribution in [0.15, 0.2) is 48.5 Å². The number of carbonyl (C=O) groups is 1. The number of ether oxygens (including phenoxy) is 2. The van der Waals surface area contributed by atoms with Gasteiger partial charge in [-0.15, -0.1) is 0 Å². The van der Waals surface area contributed by atoms with Gasteiger partial charge in [-0.05, 0) is 42.5 Å². The van der Waals surface area contributed by atoms with Crippen LogP contribution in [0.4, 0.5) is 5.82 Å². The lowest BCUT2D eigenvalue weighted by Crippen LogP contribution is -2.17. The summed E-state index contributed by atoms with van der Waals surface area (Å²) in [4.78, 5) is 12.8. The van der Waals surface area contributed by atoms with Crippen LogP contribution >= 0.6 is 0 Å². The molecule has 0 saturated carbocycles. The van der Waals surface area contributed by atoms with E-state index in [-0.39, 0.29) is 17.4 Å². The highest BCUT2D eigenvalue weighted by molar-refractivity contribution is 7.90. The number of hydrogen-bond donors (Lipinski definition) is 1. The van der Waals surface area contributed by atoms with E-state index in [4.69, 9.17) is 9.47 Å². The Bertz CT molecular complexity index is 1180. The van der Waals surface area contributed by atoms with Crippen molar-refractivity contribution in [3.8, 4) is 17.2 Å². The van der Waals surface area contributed by atoms with Gasteiger partial charge in [-0.1, -0.05) is 6.07 Å². The number of carbonyl (C=O) groups excluding carboxylic acids is 1. The van der Waals surface area contributed by atoms with Crippen LogP contribution in [0.3, 0.4) is 0 Å². The zero-order valence-electron chi connectivity index (χ0n) is 15.9. The second-order valence-electron chi connectivity index (χ2n) is 6.60. The van der Waals surface area contributed by atoms with Crippen LogP contribution in [-0.2, 0) is 21.3 Å². The molecule has 0 spiro atoms. The number of sulfone groups is 1. The number of nitrogens with one attached hydrogen (secondary N) is 1. The first-order valence-corrected chi connectivity index (χ1v) is 10.6. The van der Waals surface area contributed by atoms with Gasteiger partial charge in [-0.3, -0.25) is 4.79 Å². The minimum absolute atomic E-state index is 0.145. The summed E-state index contributed by atoms with van der Waals surface area (Å²) >= 11 is 0. The summed E-state index contributed by atoms with van der Waals surface area (Å²) in [6, 6.07) is 13.8. The van der Waals surface area contributed by atoms with Crippen LogP contribution in [0.5, 0.6) is 11.5 Å². The molecule has 0 bridgehead atoms. The van der Waals surface area contributed by atoms with E-state index in [0.29, 0.717) is 39.8 Å². The quantitative estimate of drug-likeness (QED) is 0.690. The van der Waals surface area contributed by atoms with Gasteiger partial charge < -0.3 is 14.8 Å². The molecule has 1 aliphatic rings. The first kappa shape index (κ1) is 19.0. The molecule has 2 aromatic carbocycles. The monoisotopic (exact) mass is 413 g/mol. The summed E-state index contributed by atoms with van der Waals surface area (Å²) in [5, 5.41) is 7.28. The molecule has 9 heteroatoms. The first-order chi connectivity index (χ1) is 13.9. The summed E-state index contributed by atoms with van der Waals surface area (Å²) in [6.07, 6.45) is 0. The Hall–Kier alpha value is -3.33. The number of aromatic nitrogens is 2. The number of nitrogens with zero attached hydrogens (tertiary/aromatic N) is 2. The fraction of sp³-hybridized carbons (Fsp3) is 0.200. The van der Waals surface area contributed by atoms with Crippen molar-refractivity contribution >= 4 is 21.6 Å². The SMILES string of the molecule is COc1ccc(-n2nc3c(c2NC(=O)c2cccc(OC)c2)CS(=O)(=O)C3)cc1. The molecule has 1 N–H and O–H groups in total. The van der Waals surface area contributed by atoms with Crippen molar-refractivity contribution in [3.63, 3.8) is 0 Å². The van der Waals surface area contributed by atoms with Gasteiger partial charge in [0.1, 0.15) is 17.3 Å². The summed E-state index contributed by atoms with van der Waals surface area (Å²) < 4.78 is 36.1. The number of rotatable bonds is 5. The second kappa shape index (κ2) is 7.25. The fourth-order valence-corrected chi connectivity index (χ4v) is 4.72. The Kier molecular flexibility index (Phi) is 4.75. The van der Waals surface area contributed by atoms with Gasteiger partial charge >= 0.3 is 0 Å². The van der Waals surface area contributed by atoms with Crippen molar-refractivity contribution in [2.75, 3.05) is 19.5 Å². The van der Waals surface area contributed by atoms with E-state index in [2.05, 4.69) is 10.4 Å². The summed E-state index contributed by atoms with van der Waals surface area (Å²) in [5.74, 6) is 0.886. The lowest BCUT2D eigenvalue weighted by atomic mass is 10.2.